The highest BCUT2D eigenvalue weighted by Gasteiger charge is 2.35. The van der Waals surface area contributed by atoms with Crippen LogP contribution >= 0.6 is 0 Å². The minimum Gasteiger partial charge on any atom is -0.212 e. The second-order valence-electron chi connectivity index (χ2n) is 2.97. The molecule has 1 atom stereocenters. The summed E-state index contributed by atoms with van der Waals surface area (Å²) in [6, 6.07) is 7.00. The normalized spacial score (nSPS) is 18.3. The van der Waals surface area contributed by atoms with Gasteiger partial charge < -0.3 is 0 Å². The maximum absolute atomic E-state index is 8.86. The largest absolute Gasteiger partial charge is 0.316 e. The SMILES string of the molecule is N#CB1C=C(C#N)C(C#N)=C(C#N)C1C#N. The minimum atomic E-state index is -0.971. The van der Waals surface area contributed by atoms with Crippen LogP contribution in [-0.4, -0.2) is 6.71 Å². The predicted molar refractivity (Wildman–Crippen MR) is 52.7 cm³/mol. The third-order valence-electron chi connectivity index (χ3n) is 2.20. The van der Waals surface area contributed by atoms with Crippen LogP contribution in [0, 0.1) is 56.6 Å². The lowest BCUT2D eigenvalue weighted by molar-refractivity contribution is 1.19. The second kappa shape index (κ2) is 4.48. The highest BCUT2D eigenvalue weighted by atomic mass is 14.4. The number of hydrogen-bond acceptors (Lipinski definition) is 5. The van der Waals surface area contributed by atoms with E-state index in [1.807, 2.05) is 5.97 Å². The first-order valence-corrected chi connectivity index (χ1v) is 4.19. The van der Waals surface area contributed by atoms with Gasteiger partial charge in [-0.05, 0) is 0 Å². The Morgan fingerprint density at radius 1 is 1.00 bits per heavy atom. The molecule has 0 aromatic carbocycles. The van der Waals surface area contributed by atoms with Crippen LogP contribution in [0.25, 0.3) is 0 Å². The van der Waals surface area contributed by atoms with Crippen molar-refractivity contribution in [2.45, 2.75) is 5.82 Å². The number of allylic oxidation sites excluding steroid dienone is 3. The van der Waals surface area contributed by atoms with E-state index in [0.717, 1.165) is 0 Å². The molecule has 6 heteroatoms. The average Bonchev–Trinajstić information content (AvgIpc) is 2.35. The number of nitriles is 5. The molecule has 0 aromatic rings. The lowest BCUT2D eigenvalue weighted by atomic mass is 9.38. The van der Waals surface area contributed by atoms with Crippen molar-refractivity contribution in [3.63, 3.8) is 0 Å². The van der Waals surface area contributed by atoms with Gasteiger partial charge in [-0.3, -0.25) is 0 Å². The number of hydrogen-bond donors (Lipinski definition) is 0. The highest BCUT2D eigenvalue weighted by Crippen LogP contribution is 2.32. The van der Waals surface area contributed by atoms with E-state index in [4.69, 9.17) is 26.3 Å². The standard InChI is InChI=1S/C10H2BN5/c12-2-7-1-11(6-16)10(5-15)9(4-14)8(7)3-13/h1,10H. The fraction of sp³-hybridized carbons (Fsp3) is 0.100. The first-order chi connectivity index (χ1) is 7.73. The van der Waals surface area contributed by atoms with Gasteiger partial charge in [-0.1, -0.05) is 5.98 Å². The lowest BCUT2D eigenvalue weighted by Crippen LogP contribution is -2.23. The molecule has 0 aliphatic carbocycles. The van der Waals surface area contributed by atoms with E-state index < -0.39 is 12.5 Å². The van der Waals surface area contributed by atoms with Gasteiger partial charge in [0.25, 0.3) is 0 Å². The van der Waals surface area contributed by atoms with Crippen molar-refractivity contribution in [3.05, 3.63) is 22.7 Å². The van der Waals surface area contributed by atoms with Gasteiger partial charge in [-0.25, -0.2) is 5.26 Å². The van der Waals surface area contributed by atoms with Crippen molar-refractivity contribution in [2.24, 2.45) is 0 Å². The third-order valence-corrected chi connectivity index (χ3v) is 2.20. The molecular formula is C10H2BN5. The molecule has 0 saturated heterocycles. The van der Waals surface area contributed by atoms with Gasteiger partial charge in [0.05, 0.1) is 40.7 Å². The molecule has 0 bridgehead atoms. The van der Waals surface area contributed by atoms with Gasteiger partial charge >= 0.3 is 6.71 Å². The van der Waals surface area contributed by atoms with Gasteiger partial charge in [0.1, 0.15) is 6.07 Å². The van der Waals surface area contributed by atoms with Crippen LogP contribution in [0.5, 0.6) is 0 Å². The van der Waals surface area contributed by atoms with Crippen molar-refractivity contribution in [1.29, 1.82) is 26.3 Å². The summed E-state index contributed by atoms with van der Waals surface area (Å²) < 4.78 is 0. The van der Waals surface area contributed by atoms with Gasteiger partial charge in [0, 0.05) is 5.97 Å². The molecule has 0 spiro atoms. The van der Waals surface area contributed by atoms with Crippen molar-refractivity contribution < 1.29 is 0 Å². The van der Waals surface area contributed by atoms with Gasteiger partial charge in [-0.15, -0.1) is 0 Å². The van der Waals surface area contributed by atoms with Gasteiger partial charge in [0.15, 0.2) is 0 Å². The Labute approximate surface area is 92.4 Å². The van der Waals surface area contributed by atoms with E-state index in [9.17, 15) is 0 Å². The summed E-state index contributed by atoms with van der Waals surface area (Å²) >= 11 is 0. The zero-order chi connectivity index (χ0) is 12.1. The van der Waals surface area contributed by atoms with Gasteiger partial charge in [-0.2, -0.15) is 21.0 Å². The van der Waals surface area contributed by atoms with Crippen molar-refractivity contribution in [3.8, 4) is 30.2 Å². The Bertz CT molecular complexity index is 594. The summed E-state index contributed by atoms with van der Waals surface area (Å²) in [5, 5.41) is 44.1. The van der Waals surface area contributed by atoms with Crippen LogP contribution < -0.4 is 0 Å². The summed E-state index contributed by atoms with van der Waals surface area (Å²) in [6.45, 7) is -0.855. The lowest BCUT2D eigenvalue weighted by Gasteiger charge is -2.15. The van der Waals surface area contributed by atoms with Crippen LogP contribution in [0.15, 0.2) is 22.7 Å². The fourth-order valence-electron chi connectivity index (χ4n) is 1.43. The summed E-state index contributed by atoms with van der Waals surface area (Å²) in [7, 11) is 0. The summed E-state index contributed by atoms with van der Waals surface area (Å²) in [6.07, 6.45) is 0. The summed E-state index contributed by atoms with van der Waals surface area (Å²) in [4.78, 5) is 0. The molecule has 0 aromatic heterocycles. The van der Waals surface area contributed by atoms with Crippen LogP contribution in [0.3, 0.4) is 0 Å². The van der Waals surface area contributed by atoms with E-state index in [1.165, 1.54) is 5.98 Å². The fourth-order valence-corrected chi connectivity index (χ4v) is 1.43. The van der Waals surface area contributed by atoms with Gasteiger partial charge in [0.2, 0.25) is 0 Å². The number of nitrogens with zero attached hydrogens (tertiary/aromatic N) is 5. The van der Waals surface area contributed by atoms with Crippen molar-refractivity contribution >= 4 is 6.71 Å². The molecule has 1 rings (SSSR count). The Balaban J connectivity index is 3.52. The van der Waals surface area contributed by atoms with E-state index in [0.29, 0.717) is 0 Å². The maximum atomic E-state index is 8.86. The number of rotatable bonds is 0. The first kappa shape index (κ1) is 11.1. The summed E-state index contributed by atoms with van der Waals surface area (Å²) in [5.74, 6) is 2.12. The molecular weight excluding hydrogens is 201 g/mol. The molecule has 1 aliphatic rings. The van der Waals surface area contributed by atoms with Crippen LogP contribution in [-0.2, 0) is 0 Å². The second-order valence-corrected chi connectivity index (χ2v) is 2.97. The zero-order valence-electron chi connectivity index (χ0n) is 7.97. The van der Waals surface area contributed by atoms with E-state index in [-0.39, 0.29) is 16.7 Å². The smallest absolute Gasteiger partial charge is 0.212 e. The maximum Gasteiger partial charge on any atom is 0.316 e. The molecule has 0 amide bonds. The third kappa shape index (κ3) is 1.51. The quantitative estimate of drug-likeness (QED) is 0.538. The Morgan fingerprint density at radius 3 is 2.06 bits per heavy atom. The molecule has 1 aliphatic heterocycles. The first-order valence-electron chi connectivity index (χ1n) is 4.19. The predicted octanol–water partition coefficient (Wildman–Crippen LogP) is 0.784. The van der Waals surface area contributed by atoms with Crippen molar-refractivity contribution in [1.82, 2.24) is 0 Å². The van der Waals surface area contributed by atoms with Crippen LogP contribution in [0.1, 0.15) is 0 Å². The molecule has 1 unspecified atom stereocenters. The molecule has 70 valence electrons. The molecule has 5 nitrogen and oxygen atoms in total. The Morgan fingerprint density at radius 2 is 1.69 bits per heavy atom. The zero-order valence-corrected chi connectivity index (χ0v) is 7.97. The minimum absolute atomic E-state index is 0.0166. The molecule has 16 heavy (non-hydrogen) atoms. The molecule has 0 N–H and O–H groups in total. The monoisotopic (exact) mass is 203 g/mol. The van der Waals surface area contributed by atoms with E-state index in [2.05, 4.69) is 0 Å². The topological polar surface area (TPSA) is 119 Å². The summed E-state index contributed by atoms with van der Waals surface area (Å²) in [5.41, 5.74) is -0.226. The van der Waals surface area contributed by atoms with E-state index >= 15 is 0 Å². The Kier molecular flexibility index (Phi) is 3.10. The molecule has 0 fully saturated rings. The molecule has 0 saturated carbocycles. The van der Waals surface area contributed by atoms with Crippen LogP contribution in [0.4, 0.5) is 0 Å². The molecule has 0 radical (unpaired) electrons. The average molecular weight is 203 g/mol. The Hall–Kier alpha value is -3.01. The highest BCUT2D eigenvalue weighted by molar-refractivity contribution is 6.75. The van der Waals surface area contributed by atoms with Crippen molar-refractivity contribution in [2.75, 3.05) is 0 Å². The molecule has 1 heterocycles. The van der Waals surface area contributed by atoms with E-state index in [1.54, 1.807) is 24.3 Å². The van der Waals surface area contributed by atoms with Crippen LogP contribution in [0.2, 0.25) is 5.82 Å².